The molecule has 1 fully saturated rings. The van der Waals surface area contributed by atoms with Crippen molar-refractivity contribution in [1.29, 1.82) is 0 Å². The number of piperidine rings is 1. The Kier molecular flexibility index (Phi) is 7.04. The SMILES string of the molecule is CCNC(=NCc1ccc(Cn2cnc3ccccc32)cc1)N1CCC(C(=O)OC)CC1. The number of methoxy groups -OCH3 is 1. The maximum absolute atomic E-state index is 11.8. The highest BCUT2D eigenvalue weighted by atomic mass is 16.5. The van der Waals surface area contributed by atoms with Crippen molar-refractivity contribution in [2.75, 3.05) is 26.7 Å². The minimum Gasteiger partial charge on any atom is -0.469 e. The van der Waals surface area contributed by atoms with E-state index in [2.05, 4.69) is 57.0 Å². The highest BCUT2D eigenvalue weighted by Gasteiger charge is 2.26. The Morgan fingerprint density at radius 3 is 2.56 bits per heavy atom. The van der Waals surface area contributed by atoms with Crippen LogP contribution in [0.15, 0.2) is 59.9 Å². The van der Waals surface area contributed by atoms with E-state index in [9.17, 15) is 4.79 Å². The number of imidazole rings is 1. The fourth-order valence-electron chi connectivity index (χ4n) is 4.17. The molecule has 168 valence electrons. The topological polar surface area (TPSA) is 71.8 Å². The number of hydrogen-bond donors (Lipinski definition) is 1. The molecule has 7 nitrogen and oxygen atoms in total. The summed E-state index contributed by atoms with van der Waals surface area (Å²) < 4.78 is 7.06. The zero-order valence-electron chi connectivity index (χ0n) is 18.8. The van der Waals surface area contributed by atoms with Crippen molar-refractivity contribution in [3.05, 3.63) is 66.0 Å². The number of guanidine groups is 1. The Morgan fingerprint density at radius 1 is 1.12 bits per heavy atom. The predicted molar refractivity (Wildman–Crippen MR) is 126 cm³/mol. The first-order valence-corrected chi connectivity index (χ1v) is 11.3. The standard InChI is InChI=1S/C25H31N5O2/c1-3-26-25(29-14-12-21(13-15-29)24(31)32-2)27-16-19-8-10-20(11-9-19)17-30-18-28-22-6-4-5-7-23(22)30/h4-11,18,21H,3,12-17H2,1-2H3,(H,26,27). The van der Waals surface area contributed by atoms with Crippen LogP contribution in [-0.2, 0) is 22.6 Å². The molecule has 1 saturated heterocycles. The molecule has 1 aromatic heterocycles. The molecule has 0 radical (unpaired) electrons. The van der Waals surface area contributed by atoms with E-state index in [0.717, 1.165) is 56.0 Å². The summed E-state index contributed by atoms with van der Waals surface area (Å²) in [5.74, 6) is 0.805. The number of fused-ring (bicyclic) bond motifs is 1. The number of hydrogen-bond acceptors (Lipinski definition) is 4. The Labute approximate surface area is 189 Å². The van der Waals surface area contributed by atoms with E-state index in [0.29, 0.717) is 6.54 Å². The number of esters is 1. The van der Waals surface area contributed by atoms with Gasteiger partial charge in [-0.25, -0.2) is 9.98 Å². The van der Waals surface area contributed by atoms with E-state index in [1.54, 1.807) is 0 Å². The molecule has 3 aromatic rings. The van der Waals surface area contributed by atoms with Crippen LogP contribution in [0, 0.1) is 5.92 Å². The molecule has 0 atom stereocenters. The molecule has 2 heterocycles. The fraction of sp³-hybridized carbons (Fsp3) is 0.400. The maximum Gasteiger partial charge on any atom is 0.308 e. The van der Waals surface area contributed by atoms with E-state index in [4.69, 9.17) is 9.73 Å². The lowest BCUT2D eigenvalue weighted by Gasteiger charge is -2.33. The van der Waals surface area contributed by atoms with Crippen LogP contribution in [0.25, 0.3) is 11.0 Å². The fourth-order valence-corrected chi connectivity index (χ4v) is 4.17. The molecule has 4 rings (SSSR count). The number of carbonyl (C=O) groups excluding carboxylic acids is 1. The first kappa shape index (κ1) is 21.9. The number of aliphatic imine (C=N–C) groups is 1. The molecule has 1 N–H and O–H groups in total. The van der Waals surface area contributed by atoms with Crippen molar-refractivity contribution in [3.8, 4) is 0 Å². The molecule has 0 aliphatic carbocycles. The van der Waals surface area contributed by atoms with Gasteiger partial charge < -0.3 is 19.5 Å². The lowest BCUT2D eigenvalue weighted by atomic mass is 9.97. The van der Waals surface area contributed by atoms with Gasteiger partial charge in [-0.2, -0.15) is 0 Å². The van der Waals surface area contributed by atoms with E-state index in [1.165, 1.54) is 18.2 Å². The van der Waals surface area contributed by atoms with E-state index >= 15 is 0 Å². The lowest BCUT2D eigenvalue weighted by molar-refractivity contribution is -0.146. The molecule has 2 aromatic carbocycles. The summed E-state index contributed by atoms with van der Waals surface area (Å²) in [5, 5.41) is 3.39. The molecular weight excluding hydrogens is 402 g/mol. The van der Waals surface area contributed by atoms with Crippen molar-refractivity contribution in [3.63, 3.8) is 0 Å². The minimum absolute atomic E-state index is 0.000659. The number of nitrogens with one attached hydrogen (secondary N) is 1. The monoisotopic (exact) mass is 433 g/mol. The van der Waals surface area contributed by atoms with Crippen LogP contribution in [-0.4, -0.2) is 53.1 Å². The first-order valence-electron chi connectivity index (χ1n) is 11.3. The van der Waals surface area contributed by atoms with Crippen LogP contribution >= 0.6 is 0 Å². The molecule has 0 bridgehead atoms. The maximum atomic E-state index is 11.8. The van der Waals surface area contributed by atoms with Gasteiger partial charge in [0.15, 0.2) is 5.96 Å². The number of carbonyl (C=O) groups is 1. The average molecular weight is 434 g/mol. The first-order chi connectivity index (χ1) is 15.7. The Balaban J connectivity index is 1.37. The van der Waals surface area contributed by atoms with Crippen molar-refractivity contribution in [2.24, 2.45) is 10.9 Å². The number of nitrogens with zero attached hydrogens (tertiary/aromatic N) is 4. The van der Waals surface area contributed by atoms with Crippen LogP contribution in [0.5, 0.6) is 0 Å². The molecule has 0 unspecified atom stereocenters. The van der Waals surface area contributed by atoms with Gasteiger partial charge in [0.1, 0.15) is 0 Å². The normalized spacial score (nSPS) is 15.2. The van der Waals surface area contributed by atoms with Crippen molar-refractivity contribution < 1.29 is 9.53 Å². The number of aromatic nitrogens is 2. The third-order valence-electron chi connectivity index (χ3n) is 5.98. The van der Waals surface area contributed by atoms with E-state index < -0.39 is 0 Å². The summed E-state index contributed by atoms with van der Waals surface area (Å²) in [4.78, 5) is 23.3. The highest BCUT2D eigenvalue weighted by molar-refractivity contribution is 5.80. The van der Waals surface area contributed by atoms with E-state index in [-0.39, 0.29) is 11.9 Å². The van der Waals surface area contributed by atoms with Gasteiger partial charge in [0, 0.05) is 26.2 Å². The van der Waals surface area contributed by atoms with Crippen LogP contribution in [0.3, 0.4) is 0 Å². The average Bonchev–Trinajstić information content (AvgIpc) is 3.25. The molecule has 0 saturated carbocycles. The third kappa shape index (κ3) is 5.10. The molecule has 0 amide bonds. The zero-order valence-corrected chi connectivity index (χ0v) is 18.8. The molecule has 7 heteroatoms. The molecule has 1 aliphatic rings. The summed E-state index contributed by atoms with van der Waals surface area (Å²) in [6.07, 6.45) is 3.50. The third-order valence-corrected chi connectivity index (χ3v) is 5.98. The van der Waals surface area contributed by atoms with Crippen LogP contribution in [0.2, 0.25) is 0 Å². The summed E-state index contributed by atoms with van der Waals surface area (Å²) in [6.45, 7) is 5.92. The van der Waals surface area contributed by atoms with Gasteiger partial charge >= 0.3 is 5.97 Å². The number of ether oxygens (including phenoxy) is 1. The van der Waals surface area contributed by atoms with Crippen LogP contribution < -0.4 is 5.32 Å². The molecule has 1 aliphatic heterocycles. The molecule has 32 heavy (non-hydrogen) atoms. The summed E-state index contributed by atoms with van der Waals surface area (Å²) in [7, 11) is 1.46. The second kappa shape index (κ2) is 10.3. The Hall–Kier alpha value is -3.35. The van der Waals surface area contributed by atoms with Gasteiger partial charge in [0.25, 0.3) is 0 Å². The highest BCUT2D eigenvalue weighted by Crippen LogP contribution is 2.19. The van der Waals surface area contributed by atoms with Crippen molar-refractivity contribution >= 4 is 23.0 Å². The number of benzene rings is 2. The van der Waals surface area contributed by atoms with Gasteiger partial charge in [0.05, 0.1) is 36.9 Å². The summed E-state index contributed by atoms with van der Waals surface area (Å²) >= 11 is 0. The van der Waals surface area contributed by atoms with Gasteiger partial charge in [-0.3, -0.25) is 4.79 Å². The van der Waals surface area contributed by atoms with E-state index in [1.807, 2.05) is 24.5 Å². The van der Waals surface area contributed by atoms with Gasteiger partial charge in [0.2, 0.25) is 0 Å². The minimum atomic E-state index is -0.102. The largest absolute Gasteiger partial charge is 0.469 e. The predicted octanol–water partition coefficient (Wildman–Crippen LogP) is 3.44. The Bertz CT molecular complexity index is 1070. The van der Waals surface area contributed by atoms with Crippen molar-refractivity contribution in [1.82, 2.24) is 19.8 Å². The smallest absolute Gasteiger partial charge is 0.308 e. The van der Waals surface area contributed by atoms with Gasteiger partial charge in [-0.15, -0.1) is 0 Å². The number of para-hydroxylation sites is 2. The van der Waals surface area contributed by atoms with Crippen molar-refractivity contribution in [2.45, 2.75) is 32.9 Å². The number of likely N-dealkylation sites (tertiary alicyclic amines) is 1. The molecule has 0 spiro atoms. The Morgan fingerprint density at radius 2 is 1.84 bits per heavy atom. The van der Waals surface area contributed by atoms with Gasteiger partial charge in [-0.1, -0.05) is 36.4 Å². The molecular formula is C25H31N5O2. The second-order valence-electron chi connectivity index (χ2n) is 8.13. The quantitative estimate of drug-likeness (QED) is 0.366. The zero-order chi connectivity index (χ0) is 22.3. The number of rotatable bonds is 6. The van der Waals surface area contributed by atoms with Crippen LogP contribution in [0.4, 0.5) is 0 Å². The van der Waals surface area contributed by atoms with Crippen LogP contribution in [0.1, 0.15) is 30.9 Å². The van der Waals surface area contributed by atoms with Gasteiger partial charge in [-0.05, 0) is 43.0 Å². The summed E-state index contributed by atoms with van der Waals surface area (Å²) in [5.41, 5.74) is 4.57. The lowest BCUT2D eigenvalue weighted by Crippen LogP contribution is -2.46. The summed E-state index contributed by atoms with van der Waals surface area (Å²) in [6, 6.07) is 16.8. The second-order valence-corrected chi connectivity index (χ2v) is 8.13.